The van der Waals surface area contributed by atoms with Crippen LogP contribution in [0.1, 0.15) is 38.4 Å². The summed E-state index contributed by atoms with van der Waals surface area (Å²) in [4.78, 5) is 9.06. The molecule has 6 heteroatoms. The molecule has 0 N–H and O–H groups in total. The number of nitrogens with zero attached hydrogens (tertiary/aromatic N) is 6. The van der Waals surface area contributed by atoms with Crippen LogP contribution in [0.4, 0.5) is 0 Å². The number of rotatable bonds is 4. The summed E-state index contributed by atoms with van der Waals surface area (Å²) in [5.41, 5.74) is 3.04. The third kappa shape index (κ3) is 2.44. The lowest BCUT2D eigenvalue weighted by Crippen LogP contribution is -2.10. The number of aromatic nitrogens is 6. The summed E-state index contributed by atoms with van der Waals surface area (Å²) in [6.45, 7) is 6.38. The molecule has 4 heterocycles. The summed E-state index contributed by atoms with van der Waals surface area (Å²) < 4.78 is 3.94. The van der Waals surface area contributed by atoms with E-state index in [-0.39, 0.29) is 6.04 Å². The second-order valence-corrected chi connectivity index (χ2v) is 6.50. The van der Waals surface area contributed by atoms with Crippen LogP contribution in [-0.4, -0.2) is 29.5 Å². The fraction of sp³-hybridized carbons (Fsp3) is 0.333. The van der Waals surface area contributed by atoms with Crippen LogP contribution in [0.15, 0.2) is 43.0 Å². The maximum atomic E-state index is 4.61. The average Bonchev–Trinajstić information content (AvgIpc) is 3.18. The van der Waals surface area contributed by atoms with E-state index >= 15 is 0 Å². The third-order valence-corrected chi connectivity index (χ3v) is 4.28. The lowest BCUT2D eigenvalue weighted by atomic mass is 10.1. The topological polar surface area (TPSA) is 61.4 Å². The number of hydrogen-bond acceptors (Lipinski definition) is 4. The van der Waals surface area contributed by atoms with Crippen molar-refractivity contribution in [2.75, 3.05) is 0 Å². The van der Waals surface area contributed by atoms with Crippen molar-refractivity contribution in [3.05, 3.63) is 48.5 Å². The Morgan fingerprint density at radius 2 is 1.67 bits per heavy atom. The zero-order valence-electron chi connectivity index (χ0n) is 14.1. The van der Waals surface area contributed by atoms with Gasteiger partial charge in [0.15, 0.2) is 11.3 Å². The first kappa shape index (κ1) is 14.8. The normalized spacial score (nSPS) is 13.2. The van der Waals surface area contributed by atoms with Crippen molar-refractivity contribution in [2.24, 2.45) is 0 Å². The first-order chi connectivity index (χ1) is 11.6. The van der Waals surface area contributed by atoms with Crippen LogP contribution in [0, 0.1) is 0 Å². The highest BCUT2D eigenvalue weighted by atomic mass is 15.3. The Labute approximate surface area is 140 Å². The van der Waals surface area contributed by atoms with E-state index in [9.17, 15) is 0 Å². The number of pyridine rings is 2. The molecule has 1 atom stereocenters. The summed E-state index contributed by atoms with van der Waals surface area (Å²) in [6, 6.07) is 6.65. The molecule has 1 unspecified atom stereocenters. The van der Waals surface area contributed by atoms with Crippen molar-refractivity contribution in [2.45, 2.75) is 39.3 Å². The molecule has 24 heavy (non-hydrogen) atoms. The summed E-state index contributed by atoms with van der Waals surface area (Å²) in [6.07, 6.45) is 8.36. The van der Waals surface area contributed by atoms with Crippen LogP contribution in [0.3, 0.4) is 0 Å². The van der Waals surface area contributed by atoms with E-state index in [1.165, 1.54) is 5.56 Å². The Bertz CT molecular complexity index is 997. The zero-order chi connectivity index (χ0) is 16.7. The van der Waals surface area contributed by atoms with Crippen LogP contribution < -0.4 is 0 Å². The molecule has 0 saturated heterocycles. The summed E-state index contributed by atoms with van der Waals surface area (Å²) in [5, 5.41) is 11.1. The van der Waals surface area contributed by atoms with E-state index in [1.54, 1.807) is 6.20 Å². The first-order valence-corrected chi connectivity index (χ1v) is 8.24. The van der Waals surface area contributed by atoms with Gasteiger partial charge in [-0.05, 0) is 51.0 Å². The average molecular weight is 320 g/mol. The first-order valence-electron chi connectivity index (χ1n) is 8.24. The predicted molar refractivity (Wildman–Crippen MR) is 93.9 cm³/mol. The van der Waals surface area contributed by atoms with E-state index in [0.29, 0.717) is 6.04 Å². The molecule has 0 aliphatic carbocycles. The van der Waals surface area contributed by atoms with E-state index in [2.05, 4.69) is 47.0 Å². The Morgan fingerprint density at radius 1 is 0.917 bits per heavy atom. The fourth-order valence-electron chi connectivity index (χ4n) is 3.11. The number of hydrogen-bond donors (Lipinski definition) is 0. The van der Waals surface area contributed by atoms with Gasteiger partial charge in [-0.25, -0.2) is 19.3 Å². The molecule has 6 nitrogen and oxygen atoms in total. The van der Waals surface area contributed by atoms with E-state index in [4.69, 9.17) is 0 Å². The lowest BCUT2D eigenvalue weighted by molar-refractivity contribution is 0.500. The van der Waals surface area contributed by atoms with Crippen LogP contribution in [0.2, 0.25) is 0 Å². The monoisotopic (exact) mass is 320 g/mol. The Kier molecular flexibility index (Phi) is 3.52. The highest BCUT2D eigenvalue weighted by Gasteiger charge is 2.13. The fourth-order valence-corrected chi connectivity index (χ4v) is 3.11. The van der Waals surface area contributed by atoms with Crippen molar-refractivity contribution < 1.29 is 0 Å². The minimum atomic E-state index is 0.205. The summed E-state index contributed by atoms with van der Waals surface area (Å²) >= 11 is 0. The Morgan fingerprint density at radius 3 is 2.50 bits per heavy atom. The molecule has 0 bridgehead atoms. The van der Waals surface area contributed by atoms with Crippen molar-refractivity contribution in [1.29, 1.82) is 0 Å². The van der Waals surface area contributed by atoms with E-state index < -0.39 is 0 Å². The minimum Gasteiger partial charge on any atom is -0.245 e. The van der Waals surface area contributed by atoms with Gasteiger partial charge < -0.3 is 0 Å². The Balaban J connectivity index is 1.64. The molecule has 0 aliphatic rings. The molecule has 0 radical (unpaired) electrons. The molecular formula is C18H20N6. The molecule has 4 rings (SSSR count). The van der Waals surface area contributed by atoms with Gasteiger partial charge >= 0.3 is 0 Å². The van der Waals surface area contributed by atoms with Crippen molar-refractivity contribution in [3.63, 3.8) is 0 Å². The number of fused-ring (bicyclic) bond motifs is 2. The van der Waals surface area contributed by atoms with Crippen LogP contribution in [-0.2, 0) is 6.42 Å². The van der Waals surface area contributed by atoms with Gasteiger partial charge in [0.05, 0.1) is 18.4 Å². The highest BCUT2D eigenvalue weighted by molar-refractivity contribution is 5.75. The highest BCUT2D eigenvalue weighted by Crippen LogP contribution is 2.21. The zero-order valence-corrected chi connectivity index (χ0v) is 14.1. The van der Waals surface area contributed by atoms with Gasteiger partial charge in [-0.15, -0.1) is 0 Å². The van der Waals surface area contributed by atoms with E-state index in [0.717, 1.165) is 28.5 Å². The lowest BCUT2D eigenvalue weighted by Gasteiger charge is -2.13. The molecule has 4 aromatic heterocycles. The maximum Gasteiger partial charge on any atom is 0.157 e. The second-order valence-electron chi connectivity index (χ2n) is 6.50. The maximum absolute atomic E-state index is 4.61. The van der Waals surface area contributed by atoms with Gasteiger partial charge in [-0.3, -0.25) is 0 Å². The molecule has 0 aliphatic heterocycles. The predicted octanol–water partition coefficient (Wildman–Crippen LogP) is 3.56. The minimum absolute atomic E-state index is 0.205. The smallest absolute Gasteiger partial charge is 0.157 e. The SMILES string of the molecule is CC(C)n1ncc2cc(CC(C)n3ncc4cccnc43)cnc21. The van der Waals surface area contributed by atoms with Crippen LogP contribution in [0.25, 0.3) is 22.1 Å². The van der Waals surface area contributed by atoms with Gasteiger partial charge in [-0.1, -0.05) is 0 Å². The van der Waals surface area contributed by atoms with Crippen LogP contribution in [0.5, 0.6) is 0 Å². The van der Waals surface area contributed by atoms with Crippen LogP contribution >= 0.6 is 0 Å². The molecular weight excluding hydrogens is 300 g/mol. The molecule has 0 aromatic carbocycles. The van der Waals surface area contributed by atoms with Gasteiger partial charge in [0, 0.05) is 29.2 Å². The molecule has 0 spiro atoms. The molecule has 0 amide bonds. The quantitative estimate of drug-likeness (QED) is 0.577. The van der Waals surface area contributed by atoms with Gasteiger partial charge in [-0.2, -0.15) is 10.2 Å². The van der Waals surface area contributed by atoms with Gasteiger partial charge in [0.1, 0.15) is 0 Å². The molecule has 0 fully saturated rings. The van der Waals surface area contributed by atoms with Crippen molar-refractivity contribution in [1.82, 2.24) is 29.5 Å². The summed E-state index contributed by atoms with van der Waals surface area (Å²) in [5.74, 6) is 0. The second kappa shape index (κ2) is 5.70. The van der Waals surface area contributed by atoms with Gasteiger partial charge in [0.25, 0.3) is 0 Å². The summed E-state index contributed by atoms with van der Waals surface area (Å²) in [7, 11) is 0. The molecule has 4 aromatic rings. The standard InChI is InChI=1S/C18H20N6/c1-12(2)23-18-16(11-21-23)8-14(9-20-18)7-13(3)24-17-15(10-22-24)5-4-6-19-17/h4-6,8-13H,7H2,1-3H3. The Hall–Kier alpha value is -2.76. The van der Waals surface area contributed by atoms with Gasteiger partial charge in [0.2, 0.25) is 0 Å². The van der Waals surface area contributed by atoms with Crippen molar-refractivity contribution in [3.8, 4) is 0 Å². The molecule has 122 valence electrons. The molecule has 0 saturated carbocycles. The van der Waals surface area contributed by atoms with Crippen molar-refractivity contribution >= 4 is 22.1 Å². The van der Waals surface area contributed by atoms with E-state index in [1.807, 2.05) is 40.1 Å². The largest absolute Gasteiger partial charge is 0.245 e. The third-order valence-electron chi connectivity index (χ3n) is 4.28.